The molecule has 0 spiro atoms. The van der Waals surface area contributed by atoms with Gasteiger partial charge in [0.05, 0.1) is 6.10 Å². The first kappa shape index (κ1) is 14.0. The molecule has 0 saturated heterocycles. The van der Waals surface area contributed by atoms with Crippen molar-refractivity contribution in [2.24, 2.45) is 0 Å². The van der Waals surface area contributed by atoms with Gasteiger partial charge in [0.25, 0.3) is 0 Å². The van der Waals surface area contributed by atoms with Crippen LogP contribution in [-0.2, 0) is 10.8 Å². The smallest absolute Gasteiger partial charge is 0.193 e. The summed E-state index contributed by atoms with van der Waals surface area (Å²) in [6.45, 7) is 0. The predicted octanol–water partition coefficient (Wildman–Crippen LogP) is 3.75. The van der Waals surface area contributed by atoms with Crippen LogP contribution in [0.3, 0.4) is 0 Å². The van der Waals surface area contributed by atoms with Crippen molar-refractivity contribution in [3.05, 3.63) is 95.1 Å². The van der Waals surface area contributed by atoms with Gasteiger partial charge in [0.2, 0.25) is 0 Å². The quantitative estimate of drug-likeness (QED) is 0.521. The van der Waals surface area contributed by atoms with Crippen LogP contribution < -0.4 is 5.19 Å². The molecule has 0 fully saturated rings. The van der Waals surface area contributed by atoms with E-state index in [0.29, 0.717) is 0 Å². The monoisotopic (exact) mass is 326 g/mol. The van der Waals surface area contributed by atoms with Gasteiger partial charge in [0.1, 0.15) is 0 Å². The molecule has 0 radical (unpaired) electrons. The van der Waals surface area contributed by atoms with Crippen molar-refractivity contribution >= 4 is 21.0 Å². The molecule has 0 N–H and O–H groups in total. The largest absolute Gasteiger partial charge is 0.408 e. The van der Waals surface area contributed by atoms with E-state index in [4.69, 9.17) is 4.43 Å². The number of rotatable bonds is 3. The highest BCUT2D eigenvalue weighted by Crippen LogP contribution is 2.35. The number of fused-ring (bicyclic) bond motifs is 4. The van der Waals surface area contributed by atoms with E-state index in [1.807, 2.05) is 0 Å². The highest BCUT2D eigenvalue weighted by atomic mass is 28.2. The van der Waals surface area contributed by atoms with Gasteiger partial charge in [-0.1, -0.05) is 78.9 Å². The van der Waals surface area contributed by atoms with Crippen LogP contribution in [-0.4, -0.2) is 9.76 Å². The lowest BCUT2D eigenvalue weighted by Crippen LogP contribution is -2.23. The maximum Gasteiger partial charge on any atom is 0.193 e. The molecule has 0 saturated carbocycles. The Hall–Kier alpha value is -2.42. The minimum absolute atomic E-state index is 0.132. The number of hydrogen-bond acceptors (Lipinski definition) is 1. The molecule has 116 valence electrons. The van der Waals surface area contributed by atoms with Crippen LogP contribution >= 0.6 is 0 Å². The lowest BCUT2D eigenvalue weighted by Gasteiger charge is -2.14. The fraction of sp³-hybridized carbons (Fsp3) is 0.0909. The van der Waals surface area contributed by atoms with E-state index in [9.17, 15) is 0 Å². The van der Waals surface area contributed by atoms with Crippen molar-refractivity contribution < 1.29 is 4.43 Å². The minimum atomic E-state index is -0.768. The lowest BCUT2D eigenvalue weighted by molar-refractivity contribution is 0.279. The summed E-state index contributed by atoms with van der Waals surface area (Å²) in [5, 5.41) is 1.45. The van der Waals surface area contributed by atoms with E-state index < -0.39 is 9.76 Å². The van der Waals surface area contributed by atoms with Crippen LogP contribution in [0.2, 0.25) is 0 Å². The second kappa shape index (κ2) is 5.59. The first-order valence-electron chi connectivity index (χ1n) is 8.48. The molecular weight excluding hydrogens is 308 g/mol. The molecule has 0 aliphatic heterocycles. The van der Waals surface area contributed by atoms with Crippen LogP contribution in [0.5, 0.6) is 0 Å². The topological polar surface area (TPSA) is 9.23 Å². The average molecular weight is 326 g/mol. The molecule has 24 heavy (non-hydrogen) atoms. The molecule has 0 bridgehead atoms. The molecule has 0 aromatic heterocycles. The zero-order valence-corrected chi connectivity index (χ0v) is 14.8. The minimum Gasteiger partial charge on any atom is -0.408 e. The van der Waals surface area contributed by atoms with Crippen LogP contribution in [0.4, 0.5) is 0 Å². The van der Waals surface area contributed by atoms with Crippen molar-refractivity contribution in [3.63, 3.8) is 0 Å². The molecule has 5 rings (SSSR count). The van der Waals surface area contributed by atoms with Gasteiger partial charge in [-0.3, -0.25) is 0 Å². The number of hydrogen-bond donors (Lipinski definition) is 0. The van der Waals surface area contributed by atoms with Crippen molar-refractivity contribution in [1.82, 2.24) is 0 Å². The van der Waals surface area contributed by atoms with Crippen LogP contribution in [0, 0.1) is 0 Å². The summed E-state index contributed by atoms with van der Waals surface area (Å²) >= 11 is 0. The SMILES string of the molecule is C1=CC(O[SiH2]c2cccc3c2Cc2ccccc2-3)c2ccccc21. The summed E-state index contributed by atoms with van der Waals surface area (Å²) in [6.07, 6.45) is 5.55. The summed E-state index contributed by atoms with van der Waals surface area (Å²) in [6, 6.07) is 24.0. The van der Waals surface area contributed by atoms with E-state index >= 15 is 0 Å². The van der Waals surface area contributed by atoms with E-state index in [2.05, 4.69) is 78.9 Å². The second-order valence-electron chi connectivity index (χ2n) is 6.50. The second-order valence-corrected chi connectivity index (χ2v) is 7.88. The Labute approximate surface area is 144 Å². The van der Waals surface area contributed by atoms with Gasteiger partial charge >= 0.3 is 0 Å². The van der Waals surface area contributed by atoms with Crippen LogP contribution in [0.15, 0.2) is 72.8 Å². The Morgan fingerprint density at radius 2 is 1.67 bits per heavy atom. The van der Waals surface area contributed by atoms with Gasteiger partial charge < -0.3 is 4.43 Å². The van der Waals surface area contributed by atoms with Gasteiger partial charge in [0, 0.05) is 0 Å². The Morgan fingerprint density at radius 3 is 2.67 bits per heavy atom. The van der Waals surface area contributed by atoms with Gasteiger partial charge in [-0.2, -0.15) is 0 Å². The first-order valence-corrected chi connectivity index (χ1v) is 9.76. The predicted molar refractivity (Wildman–Crippen MR) is 102 cm³/mol. The summed E-state index contributed by atoms with van der Waals surface area (Å²) in [7, 11) is -0.768. The molecule has 2 aliphatic rings. The normalized spacial score (nSPS) is 17.2. The maximum absolute atomic E-state index is 6.39. The Morgan fingerprint density at radius 1 is 0.833 bits per heavy atom. The molecule has 0 heterocycles. The Balaban J connectivity index is 1.42. The average Bonchev–Trinajstić information content (AvgIpc) is 3.21. The van der Waals surface area contributed by atoms with Gasteiger partial charge in [0.15, 0.2) is 9.76 Å². The lowest BCUT2D eigenvalue weighted by atomic mass is 10.1. The Bertz CT molecular complexity index is 958. The van der Waals surface area contributed by atoms with E-state index in [1.165, 1.54) is 38.6 Å². The molecule has 2 heteroatoms. The van der Waals surface area contributed by atoms with Gasteiger partial charge in [-0.05, 0) is 45.0 Å². The third-order valence-electron chi connectivity index (χ3n) is 5.12. The van der Waals surface area contributed by atoms with E-state index in [-0.39, 0.29) is 6.10 Å². The molecule has 2 aliphatic carbocycles. The summed E-state index contributed by atoms with van der Waals surface area (Å²) < 4.78 is 6.39. The van der Waals surface area contributed by atoms with E-state index in [1.54, 1.807) is 0 Å². The third kappa shape index (κ3) is 2.19. The first-order chi connectivity index (χ1) is 11.9. The molecule has 1 unspecified atom stereocenters. The zero-order valence-electron chi connectivity index (χ0n) is 13.4. The highest BCUT2D eigenvalue weighted by Gasteiger charge is 2.22. The fourth-order valence-electron chi connectivity index (χ4n) is 3.90. The fourth-order valence-corrected chi connectivity index (χ4v) is 5.27. The number of benzene rings is 3. The maximum atomic E-state index is 6.39. The van der Waals surface area contributed by atoms with Gasteiger partial charge in [-0.25, -0.2) is 0 Å². The van der Waals surface area contributed by atoms with Crippen molar-refractivity contribution in [3.8, 4) is 11.1 Å². The summed E-state index contributed by atoms with van der Waals surface area (Å²) in [4.78, 5) is 0. The van der Waals surface area contributed by atoms with Crippen molar-refractivity contribution in [1.29, 1.82) is 0 Å². The molecule has 3 aromatic carbocycles. The van der Waals surface area contributed by atoms with Crippen molar-refractivity contribution in [2.75, 3.05) is 0 Å². The molecule has 1 nitrogen and oxygen atoms in total. The van der Waals surface area contributed by atoms with Crippen LogP contribution in [0.25, 0.3) is 17.2 Å². The molecule has 3 aromatic rings. The molecule has 0 amide bonds. The summed E-state index contributed by atoms with van der Waals surface area (Å²) in [5.41, 5.74) is 8.33. The standard InChI is InChI=1S/C22H18OSi/c1-4-9-18-15(6-1)12-13-21(18)23-24-22-11-5-10-19-17-8-3-2-7-16(17)14-20(19)22/h1-13,21H,14,24H2. The molecule has 1 atom stereocenters. The van der Waals surface area contributed by atoms with Gasteiger partial charge in [-0.15, -0.1) is 0 Å². The third-order valence-corrected chi connectivity index (χ3v) is 6.62. The van der Waals surface area contributed by atoms with Crippen LogP contribution in [0.1, 0.15) is 28.4 Å². The van der Waals surface area contributed by atoms with E-state index in [0.717, 1.165) is 6.42 Å². The molecular formula is C22H18OSi. The highest BCUT2D eigenvalue weighted by molar-refractivity contribution is 6.48. The summed E-state index contributed by atoms with van der Waals surface area (Å²) in [5.74, 6) is 0. The zero-order chi connectivity index (χ0) is 15.9. The van der Waals surface area contributed by atoms with Crippen molar-refractivity contribution in [2.45, 2.75) is 12.5 Å². The Kier molecular flexibility index (Phi) is 3.25.